The number of thioether (sulfide) groups is 1. The number of aromatic nitrogens is 3. The van der Waals surface area contributed by atoms with Gasteiger partial charge >= 0.3 is 5.97 Å². The molecule has 8 heteroatoms. The van der Waals surface area contributed by atoms with Gasteiger partial charge in [-0.15, -0.1) is 10.2 Å². The molecule has 1 unspecified atom stereocenters. The van der Waals surface area contributed by atoms with E-state index in [9.17, 15) is 4.79 Å². The molecule has 30 heavy (non-hydrogen) atoms. The Morgan fingerprint density at radius 3 is 2.63 bits per heavy atom. The molecular weight excluding hydrogens is 400 g/mol. The van der Waals surface area contributed by atoms with E-state index in [0.29, 0.717) is 18.3 Å². The summed E-state index contributed by atoms with van der Waals surface area (Å²) in [7, 11) is 0. The Morgan fingerprint density at radius 2 is 1.93 bits per heavy atom. The number of anilines is 1. The first-order valence-electron chi connectivity index (χ1n) is 10.3. The normalized spacial score (nSPS) is 15.2. The lowest BCUT2D eigenvalue weighted by molar-refractivity contribution is -0.142. The summed E-state index contributed by atoms with van der Waals surface area (Å²) in [5, 5.41) is 9.12. The summed E-state index contributed by atoms with van der Waals surface area (Å²) in [6.45, 7) is 4.58. The molecule has 1 saturated heterocycles. The van der Waals surface area contributed by atoms with Crippen LogP contribution in [0.4, 0.5) is 5.95 Å². The molecule has 0 aliphatic carbocycles. The average molecular weight is 427 g/mol. The zero-order valence-electron chi connectivity index (χ0n) is 17.1. The Kier molecular flexibility index (Phi) is 6.74. The smallest absolute Gasteiger partial charge is 0.324 e. The summed E-state index contributed by atoms with van der Waals surface area (Å²) in [5.41, 5.74) is 0.882. The van der Waals surface area contributed by atoms with Crippen molar-refractivity contribution >= 4 is 23.7 Å². The van der Waals surface area contributed by atoms with E-state index in [-0.39, 0.29) is 5.97 Å². The molecule has 3 aromatic rings. The zero-order chi connectivity index (χ0) is 20.8. The van der Waals surface area contributed by atoms with Crippen LogP contribution in [0.3, 0.4) is 0 Å². The Hall–Kier alpha value is -2.74. The first-order chi connectivity index (χ1) is 14.8. The molecule has 1 aliphatic rings. The number of piperidine rings is 1. The predicted octanol–water partition coefficient (Wildman–Crippen LogP) is 4.31. The number of carbonyl (C=O) groups is 1. The fourth-order valence-electron chi connectivity index (χ4n) is 3.60. The third-order valence-electron chi connectivity index (χ3n) is 5.06. The molecule has 7 nitrogen and oxygen atoms in total. The van der Waals surface area contributed by atoms with Crippen molar-refractivity contribution in [2.24, 2.45) is 0 Å². The maximum atomic E-state index is 12.8. The highest BCUT2D eigenvalue weighted by Crippen LogP contribution is 2.37. The number of carbonyl (C=O) groups excluding carboxylic acids is 1. The minimum Gasteiger partial charge on any atom is -0.467 e. The van der Waals surface area contributed by atoms with Crippen molar-refractivity contribution in [3.05, 3.63) is 60.1 Å². The maximum absolute atomic E-state index is 12.8. The summed E-state index contributed by atoms with van der Waals surface area (Å²) in [4.78, 5) is 15.0. The summed E-state index contributed by atoms with van der Waals surface area (Å²) in [6, 6.07) is 13.5. The van der Waals surface area contributed by atoms with E-state index in [2.05, 4.69) is 15.1 Å². The number of nitrogens with zero attached hydrogens (tertiary/aromatic N) is 4. The van der Waals surface area contributed by atoms with Gasteiger partial charge < -0.3 is 14.1 Å². The molecular formula is C22H26N4O3S. The number of esters is 1. The third-order valence-corrected chi connectivity index (χ3v) is 6.27. The van der Waals surface area contributed by atoms with Gasteiger partial charge in [0.05, 0.1) is 19.4 Å². The molecule has 0 radical (unpaired) electrons. The molecule has 2 aromatic heterocycles. The van der Waals surface area contributed by atoms with Gasteiger partial charge in [0.2, 0.25) is 5.95 Å². The van der Waals surface area contributed by atoms with Crippen molar-refractivity contribution in [2.45, 2.75) is 43.1 Å². The van der Waals surface area contributed by atoms with E-state index in [1.54, 1.807) is 6.26 Å². The Morgan fingerprint density at radius 1 is 1.13 bits per heavy atom. The van der Waals surface area contributed by atoms with E-state index in [0.717, 1.165) is 43.2 Å². The standard InChI is InChI=1S/C22H26N4O3S/c1-2-28-20(27)19(17-10-5-3-6-11-17)30-22-24-23-21(25-13-7-4-8-14-25)26(22)16-18-12-9-15-29-18/h3,5-6,9-12,15,19H,2,4,7-8,13-14,16H2,1H3. The van der Waals surface area contributed by atoms with Crippen LogP contribution in [0.15, 0.2) is 58.3 Å². The van der Waals surface area contributed by atoms with Crippen LogP contribution in [-0.4, -0.2) is 40.4 Å². The number of hydrogen-bond donors (Lipinski definition) is 0. The topological polar surface area (TPSA) is 73.4 Å². The van der Waals surface area contributed by atoms with Crippen molar-refractivity contribution in [1.82, 2.24) is 14.8 Å². The molecule has 158 valence electrons. The van der Waals surface area contributed by atoms with Crippen molar-refractivity contribution in [2.75, 3.05) is 24.6 Å². The predicted molar refractivity (Wildman–Crippen MR) is 116 cm³/mol. The Bertz CT molecular complexity index is 937. The largest absolute Gasteiger partial charge is 0.467 e. The fraction of sp³-hybridized carbons (Fsp3) is 0.409. The van der Waals surface area contributed by atoms with Gasteiger partial charge in [0.25, 0.3) is 0 Å². The number of rotatable bonds is 8. The Balaban J connectivity index is 1.67. The second kappa shape index (κ2) is 9.84. The van der Waals surface area contributed by atoms with E-state index in [1.165, 1.54) is 18.2 Å². The Labute approximate surface area is 180 Å². The van der Waals surface area contributed by atoms with Crippen molar-refractivity contribution in [3.8, 4) is 0 Å². The third kappa shape index (κ3) is 4.70. The molecule has 1 aliphatic heterocycles. The minimum absolute atomic E-state index is 0.277. The van der Waals surface area contributed by atoms with Gasteiger partial charge in [-0.05, 0) is 43.9 Å². The van der Waals surface area contributed by atoms with Crippen molar-refractivity contribution in [1.29, 1.82) is 0 Å². The van der Waals surface area contributed by atoms with Crippen LogP contribution in [0.5, 0.6) is 0 Å². The molecule has 1 atom stereocenters. The van der Waals surface area contributed by atoms with E-state index >= 15 is 0 Å². The highest BCUT2D eigenvalue weighted by molar-refractivity contribution is 8.00. The molecule has 4 rings (SSSR count). The van der Waals surface area contributed by atoms with Gasteiger partial charge in [-0.2, -0.15) is 0 Å². The summed E-state index contributed by atoms with van der Waals surface area (Å²) < 4.78 is 13.0. The molecule has 0 amide bonds. The first kappa shape index (κ1) is 20.5. The highest BCUT2D eigenvalue weighted by atomic mass is 32.2. The van der Waals surface area contributed by atoms with E-state index < -0.39 is 5.25 Å². The number of hydrogen-bond acceptors (Lipinski definition) is 7. The van der Waals surface area contributed by atoms with Crippen LogP contribution in [0, 0.1) is 0 Å². The summed E-state index contributed by atoms with van der Waals surface area (Å²) in [5.74, 6) is 1.37. The van der Waals surface area contributed by atoms with Crippen LogP contribution < -0.4 is 4.90 Å². The van der Waals surface area contributed by atoms with Crippen molar-refractivity contribution < 1.29 is 13.9 Å². The van der Waals surface area contributed by atoms with Gasteiger partial charge in [-0.25, -0.2) is 0 Å². The maximum Gasteiger partial charge on any atom is 0.324 e. The molecule has 0 spiro atoms. The molecule has 1 fully saturated rings. The fourth-order valence-corrected chi connectivity index (χ4v) is 4.63. The van der Waals surface area contributed by atoms with Crippen LogP contribution in [0.1, 0.15) is 42.8 Å². The lowest BCUT2D eigenvalue weighted by Crippen LogP contribution is -2.32. The van der Waals surface area contributed by atoms with Crippen LogP contribution in [-0.2, 0) is 16.1 Å². The van der Waals surface area contributed by atoms with Gasteiger partial charge in [-0.3, -0.25) is 9.36 Å². The van der Waals surface area contributed by atoms with Gasteiger partial charge in [0.15, 0.2) is 5.16 Å². The van der Waals surface area contributed by atoms with Crippen molar-refractivity contribution in [3.63, 3.8) is 0 Å². The lowest BCUT2D eigenvalue weighted by atomic mass is 10.1. The van der Waals surface area contributed by atoms with Crippen LogP contribution in [0.25, 0.3) is 0 Å². The molecule has 3 heterocycles. The highest BCUT2D eigenvalue weighted by Gasteiger charge is 2.28. The van der Waals surface area contributed by atoms with Gasteiger partial charge in [0.1, 0.15) is 11.0 Å². The van der Waals surface area contributed by atoms with E-state index in [1.807, 2.05) is 54.0 Å². The molecule has 0 saturated carbocycles. The number of ether oxygens (including phenoxy) is 1. The number of furan rings is 1. The monoisotopic (exact) mass is 426 g/mol. The SMILES string of the molecule is CCOC(=O)C(Sc1nnc(N2CCCCC2)n1Cc1ccco1)c1ccccc1. The second-order valence-corrected chi connectivity index (χ2v) is 8.23. The number of benzene rings is 1. The minimum atomic E-state index is -0.514. The lowest BCUT2D eigenvalue weighted by Gasteiger charge is -2.27. The first-order valence-corrected chi connectivity index (χ1v) is 11.2. The van der Waals surface area contributed by atoms with Gasteiger partial charge in [0, 0.05) is 13.1 Å². The van der Waals surface area contributed by atoms with Crippen LogP contribution >= 0.6 is 11.8 Å². The summed E-state index contributed by atoms with van der Waals surface area (Å²) >= 11 is 1.37. The van der Waals surface area contributed by atoms with Crippen LogP contribution in [0.2, 0.25) is 0 Å². The molecule has 1 aromatic carbocycles. The molecule has 0 bridgehead atoms. The second-order valence-electron chi connectivity index (χ2n) is 7.16. The average Bonchev–Trinajstić information content (AvgIpc) is 3.44. The quantitative estimate of drug-likeness (QED) is 0.393. The van der Waals surface area contributed by atoms with Gasteiger partial charge in [-0.1, -0.05) is 42.1 Å². The zero-order valence-corrected chi connectivity index (χ0v) is 17.9. The van der Waals surface area contributed by atoms with E-state index in [4.69, 9.17) is 9.15 Å². The summed E-state index contributed by atoms with van der Waals surface area (Å²) in [6.07, 6.45) is 5.19. The molecule has 0 N–H and O–H groups in total.